The van der Waals surface area contributed by atoms with Gasteiger partial charge in [0, 0.05) is 19.8 Å². The zero-order chi connectivity index (χ0) is 14.1. The van der Waals surface area contributed by atoms with Gasteiger partial charge in [-0.3, -0.25) is 9.69 Å². The summed E-state index contributed by atoms with van der Waals surface area (Å²) < 4.78 is 5.36. The number of carbonyl (C=O) groups is 1. The van der Waals surface area contributed by atoms with Crippen LogP contribution in [0.4, 0.5) is 0 Å². The first kappa shape index (κ1) is 16.4. The molecule has 0 spiro atoms. The Labute approximate surface area is 117 Å². The van der Waals surface area contributed by atoms with Gasteiger partial charge in [-0.1, -0.05) is 26.7 Å². The number of hydrogen-bond donors (Lipinski definition) is 1. The normalized spacial score (nSPS) is 17.3. The van der Waals surface area contributed by atoms with Crippen LogP contribution in [-0.4, -0.2) is 48.8 Å². The Balaban J connectivity index is 2.13. The Morgan fingerprint density at radius 3 is 2.58 bits per heavy atom. The Morgan fingerprint density at radius 1 is 1.32 bits per heavy atom. The molecule has 0 aromatic carbocycles. The third kappa shape index (κ3) is 8.22. The lowest BCUT2D eigenvalue weighted by molar-refractivity contribution is -0.138. The molecule has 1 N–H and O–H groups in total. The summed E-state index contributed by atoms with van der Waals surface area (Å²) in [5.41, 5.74) is 0. The number of unbranched alkanes of at least 4 members (excludes halogenated alkanes) is 1. The molecular formula is C15H29NO3. The van der Waals surface area contributed by atoms with E-state index in [0.717, 1.165) is 38.6 Å². The highest BCUT2D eigenvalue weighted by Crippen LogP contribution is 2.20. The van der Waals surface area contributed by atoms with Gasteiger partial charge in [0.25, 0.3) is 0 Å². The predicted octanol–water partition coefficient (Wildman–Crippen LogP) is 2.63. The van der Waals surface area contributed by atoms with Crippen molar-refractivity contribution in [3.8, 4) is 0 Å². The number of carboxylic acid groups (broad SMARTS) is 1. The second kappa shape index (κ2) is 9.32. The van der Waals surface area contributed by atoms with Gasteiger partial charge in [0.05, 0.1) is 6.54 Å². The van der Waals surface area contributed by atoms with Gasteiger partial charge in [0.1, 0.15) is 0 Å². The van der Waals surface area contributed by atoms with Crippen LogP contribution >= 0.6 is 0 Å². The number of nitrogens with zero attached hydrogens (tertiary/aromatic N) is 1. The average molecular weight is 271 g/mol. The first-order valence-corrected chi connectivity index (χ1v) is 7.60. The lowest BCUT2D eigenvalue weighted by Crippen LogP contribution is -2.33. The number of aliphatic carboxylic acids is 1. The van der Waals surface area contributed by atoms with Crippen molar-refractivity contribution in [1.82, 2.24) is 4.90 Å². The molecule has 0 bridgehead atoms. The molecule has 4 heteroatoms. The van der Waals surface area contributed by atoms with Crippen molar-refractivity contribution in [3.63, 3.8) is 0 Å². The summed E-state index contributed by atoms with van der Waals surface area (Å²) in [5, 5.41) is 8.90. The molecule has 1 fully saturated rings. The maximum atomic E-state index is 10.8. The van der Waals surface area contributed by atoms with Crippen LogP contribution in [0.15, 0.2) is 0 Å². The minimum Gasteiger partial charge on any atom is -0.480 e. The van der Waals surface area contributed by atoms with Crippen LogP contribution in [0.25, 0.3) is 0 Å². The van der Waals surface area contributed by atoms with Crippen molar-refractivity contribution in [3.05, 3.63) is 0 Å². The van der Waals surface area contributed by atoms with Gasteiger partial charge >= 0.3 is 5.97 Å². The van der Waals surface area contributed by atoms with E-state index in [1.165, 1.54) is 25.7 Å². The fourth-order valence-electron chi connectivity index (χ4n) is 2.75. The van der Waals surface area contributed by atoms with Gasteiger partial charge in [-0.15, -0.1) is 0 Å². The van der Waals surface area contributed by atoms with E-state index >= 15 is 0 Å². The monoisotopic (exact) mass is 271 g/mol. The molecule has 0 amide bonds. The topological polar surface area (TPSA) is 49.8 Å². The maximum Gasteiger partial charge on any atom is 0.317 e. The highest BCUT2D eigenvalue weighted by Gasteiger charge is 2.14. The zero-order valence-corrected chi connectivity index (χ0v) is 12.4. The van der Waals surface area contributed by atoms with E-state index in [1.807, 2.05) is 0 Å². The molecule has 1 aliphatic rings. The Hall–Kier alpha value is -0.610. The number of hydrogen-bond acceptors (Lipinski definition) is 3. The standard InChI is InChI=1S/C15H29NO3/c1-13(2)11-16(12-15(17)18)8-4-3-5-14-6-9-19-10-7-14/h13-14H,3-12H2,1-2H3,(H,17,18). The Morgan fingerprint density at radius 2 is 2.00 bits per heavy atom. The van der Waals surface area contributed by atoms with Gasteiger partial charge in [0.15, 0.2) is 0 Å². The van der Waals surface area contributed by atoms with E-state index in [4.69, 9.17) is 9.84 Å². The summed E-state index contributed by atoms with van der Waals surface area (Å²) in [6.45, 7) is 8.08. The molecule has 0 aromatic rings. The van der Waals surface area contributed by atoms with Crippen molar-refractivity contribution in [2.45, 2.75) is 46.0 Å². The third-order valence-electron chi connectivity index (χ3n) is 3.66. The van der Waals surface area contributed by atoms with Gasteiger partial charge in [0.2, 0.25) is 0 Å². The number of ether oxygens (including phenoxy) is 1. The number of rotatable bonds is 9. The zero-order valence-electron chi connectivity index (χ0n) is 12.4. The smallest absolute Gasteiger partial charge is 0.317 e. The fourth-order valence-corrected chi connectivity index (χ4v) is 2.75. The molecule has 1 aliphatic heterocycles. The molecule has 1 rings (SSSR count). The summed E-state index contributed by atoms with van der Waals surface area (Å²) in [4.78, 5) is 12.9. The molecule has 0 saturated carbocycles. The summed E-state index contributed by atoms with van der Waals surface area (Å²) >= 11 is 0. The summed E-state index contributed by atoms with van der Waals surface area (Å²) in [6.07, 6.45) is 5.98. The van der Waals surface area contributed by atoms with Gasteiger partial charge in [-0.05, 0) is 37.6 Å². The molecular weight excluding hydrogens is 242 g/mol. The van der Waals surface area contributed by atoms with E-state index in [1.54, 1.807) is 0 Å². The summed E-state index contributed by atoms with van der Waals surface area (Å²) in [7, 11) is 0. The largest absolute Gasteiger partial charge is 0.480 e. The van der Waals surface area contributed by atoms with Crippen molar-refractivity contribution < 1.29 is 14.6 Å². The quantitative estimate of drug-likeness (QED) is 0.655. The summed E-state index contributed by atoms with van der Waals surface area (Å²) in [6, 6.07) is 0. The van der Waals surface area contributed by atoms with Crippen molar-refractivity contribution >= 4 is 5.97 Å². The Bertz CT molecular complexity index is 250. The average Bonchev–Trinajstić information content (AvgIpc) is 2.34. The molecule has 0 atom stereocenters. The highest BCUT2D eigenvalue weighted by atomic mass is 16.5. The van der Waals surface area contributed by atoms with E-state index < -0.39 is 5.97 Å². The SMILES string of the molecule is CC(C)CN(CCCCC1CCOCC1)CC(=O)O. The summed E-state index contributed by atoms with van der Waals surface area (Å²) in [5.74, 6) is 0.631. The molecule has 0 radical (unpaired) electrons. The molecule has 4 nitrogen and oxygen atoms in total. The van der Waals surface area contributed by atoms with Crippen LogP contribution in [-0.2, 0) is 9.53 Å². The second-order valence-electron chi connectivity index (χ2n) is 6.07. The molecule has 0 unspecified atom stereocenters. The van der Waals surface area contributed by atoms with Crippen molar-refractivity contribution in [2.24, 2.45) is 11.8 Å². The molecule has 1 heterocycles. The van der Waals surface area contributed by atoms with Gasteiger partial charge in [-0.2, -0.15) is 0 Å². The first-order chi connectivity index (χ1) is 9.08. The minimum absolute atomic E-state index is 0.176. The third-order valence-corrected chi connectivity index (χ3v) is 3.66. The lowest BCUT2D eigenvalue weighted by Gasteiger charge is -2.24. The molecule has 0 aliphatic carbocycles. The second-order valence-corrected chi connectivity index (χ2v) is 6.07. The van der Waals surface area contributed by atoms with E-state index in [0.29, 0.717) is 5.92 Å². The maximum absolute atomic E-state index is 10.8. The van der Waals surface area contributed by atoms with Crippen LogP contribution in [0, 0.1) is 11.8 Å². The van der Waals surface area contributed by atoms with Crippen LogP contribution in [0.2, 0.25) is 0 Å². The molecule has 1 saturated heterocycles. The highest BCUT2D eigenvalue weighted by molar-refractivity contribution is 5.69. The molecule has 112 valence electrons. The van der Waals surface area contributed by atoms with Gasteiger partial charge in [-0.25, -0.2) is 0 Å². The van der Waals surface area contributed by atoms with Crippen LogP contribution in [0.1, 0.15) is 46.0 Å². The van der Waals surface area contributed by atoms with E-state index in [9.17, 15) is 4.79 Å². The molecule has 19 heavy (non-hydrogen) atoms. The van der Waals surface area contributed by atoms with E-state index in [-0.39, 0.29) is 6.54 Å². The van der Waals surface area contributed by atoms with Crippen molar-refractivity contribution in [1.29, 1.82) is 0 Å². The van der Waals surface area contributed by atoms with Crippen molar-refractivity contribution in [2.75, 3.05) is 32.8 Å². The molecule has 0 aromatic heterocycles. The van der Waals surface area contributed by atoms with E-state index in [2.05, 4.69) is 18.7 Å². The predicted molar refractivity (Wildman–Crippen MR) is 76.3 cm³/mol. The first-order valence-electron chi connectivity index (χ1n) is 7.60. The fraction of sp³-hybridized carbons (Fsp3) is 0.933. The van der Waals surface area contributed by atoms with Crippen LogP contribution < -0.4 is 0 Å². The minimum atomic E-state index is -0.718. The Kier molecular flexibility index (Phi) is 8.07. The van der Waals surface area contributed by atoms with Crippen LogP contribution in [0.5, 0.6) is 0 Å². The number of carboxylic acids is 1. The van der Waals surface area contributed by atoms with Crippen LogP contribution in [0.3, 0.4) is 0 Å². The van der Waals surface area contributed by atoms with Gasteiger partial charge < -0.3 is 9.84 Å². The lowest BCUT2D eigenvalue weighted by atomic mass is 9.94.